The second-order valence-corrected chi connectivity index (χ2v) is 5.97. The lowest BCUT2D eigenvalue weighted by Gasteiger charge is -2.11. The molecule has 0 aliphatic rings. The molecule has 2 aromatic carbocycles. The molecule has 0 unspecified atom stereocenters. The first-order valence-electron chi connectivity index (χ1n) is 6.70. The molecule has 0 heterocycles. The predicted octanol–water partition coefficient (Wildman–Crippen LogP) is 2.71. The van der Waals surface area contributed by atoms with Gasteiger partial charge in [-0.25, -0.2) is 0 Å². The minimum absolute atomic E-state index is 0.00575. The number of carbonyl (C=O) groups excluding carboxylic acids is 2. The third-order valence-corrected chi connectivity index (χ3v) is 3.84. The molecule has 0 atom stereocenters. The average molecular weight is 392 g/mol. The monoisotopic (exact) mass is 391 g/mol. The van der Waals surface area contributed by atoms with Crippen LogP contribution < -0.4 is 16.2 Å². The smallest absolute Gasteiger partial charge is 0.269 e. The number of carbonyl (C=O) groups is 2. The van der Waals surface area contributed by atoms with Gasteiger partial charge in [0.15, 0.2) is 5.11 Å². The summed E-state index contributed by atoms with van der Waals surface area (Å²) in [6.45, 7) is 1.94. The predicted molar refractivity (Wildman–Crippen MR) is 96.0 cm³/mol. The first-order chi connectivity index (χ1) is 11.0. The molecule has 2 amide bonds. The second kappa shape index (κ2) is 7.85. The van der Waals surface area contributed by atoms with Crippen molar-refractivity contribution in [2.45, 2.75) is 6.92 Å². The van der Waals surface area contributed by atoms with E-state index in [9.17, 15) is 9.59 Å². The average Bonchev–Trinajstić information content (AvgIpc) is 2.53. The summed E-state index contributed by atoms with van der Waals surface area (Å²) in [6, 6.07) is 14.0. The van der Waals surface area contributed by atoms with Crippen molar-refractivity contribution >= 4 is 45.1 Å². The summed E-state index contributed by atoms with van der Waals surface area (Å²) in [5, 5.41) is 2.50. The van der Waals surface area contributed by atoms with Crippen molar-refractivity contribution < 1.29 is 9.59 Å². The Hall–Kier alpha value is -2.25. The van der Waals surface area contributed by atoms with Gasteiger partial charge in [0.1, 0.15) is 0 Å². The third-order valence-electron chi connectivity index (χ3n) is 2.95. The number of nitrogens with one attached hydrogen (secondary N) is 3. The first kappa shape index (κ1) is 17.1. The van der Waals surface area contributed by atoms with E-state index in [4.69, 9.17) is 12.2 Å². The fraction of sp³-hybridized carbons (Fsp3) is 0.0625. The third kappa shape index (κ3) is 4.87. The van der Waals surface area contributed by atoms with Gasteiger partial charge in [0.25, 0.3) is 11.8 Å². The summed E-state index contributed by atoms with van der Waals surface area (Å²) in [6.07, 6.45) is 0. The van der Waals surface area contributed by atoms with Crippen LogP contribution in [0.5, 0.6) is 0 Å². The van der Waals surface area contributed by atoms with Crippen LogP contribution in [0.3, 0.4) is 0 Å². The quantitative estimate of drug-likeness (QED) is 0.543. The van der Waals surface area contributed by atoms with Crippen molar-refractivity contribution in [2.24, 2.45) is 0 Å². The topological polar surface area (TPSA) is 70.2 Å². The van der Waals surface area contributed by atoms with Crippen LogP contribution >= 0.6 is 28.1 Å². The van der Waals surface area contributed by atoms with Gasteiger partial charge in [-0.3, -0.25) is 25.8 Å². The zero-order valence-electron chi connectivity index (χ0n) is 12.2. The maximum absolute atomic E-state index is 12.0. The Morgan fingerprint density at radius 2 is 1.61 bits per heavy atom. The molecule has 0 spiro atoms. The van der Waals surface area contributed by atoms with Crippen molar-refractivity contribution in [3.63, 3.8) is 0 Å². The molecule has 118 valence electrons. The minimum Gasteiger partial charge on any atom is -0.298 e. The Labute approximate surface area is 147 Å². The van der Waals surface area contributed by atoms with Crippen LogP contribution in [-0.4, -0.2) is 16.9 Å². The number of aryl methyl sites for hydroxylation is 1. The summed E-state index contributed by atoms with van der Waals surface area (Å²) >= 11 is 8.28. The highest BCUT2D eigenvalue weighted by Gasteiger charge is 2.11. The molecule has 3 N–H and O–H groups in total. The molecule has 0 bridgehead atoms. The Morgan fingerprint density at radius 1 is 0.957 bits per heavy atom. The van der Waals surface area contributed by atoms with Gasteiger partial charge in [0.05, 0.1) is 5.56 Å². The number of hydrogen-bond acceptors (Lipinski definition) is 3. The second-order valence-electron chi connectivity index (χ2n) is 4.71. The van der Waals surface area contributed by atoms with E-state index in [1.165, 1.54) is 0 Å². The maximum Gasteiger partial charge on any atom is 0.269 e. The molecule has 0 radical (unpaired) electrons. The van der Waals surface area contributed by atoms with Crippen LogP contribution in [-0.2, 0) is 0 Å². The molecule has 0 fully saturated rings. The molecule has 7 heteroatoms. The largest absolute Gasteiger partial charge is 0.298 e. The highest BCUT2D eigenvalue weighted by atomic mass is 79.9. The molecule has 0 aliphatic carbocycles. The van der Waals surface area contributed by atoms with Gasteiger partial charge in [-0.1, -0.05) is 29.8 Å². The van der Waals surface area contributed by atoms with Gasteiger partial charge >= 0.3 is 0 Å². The summed E-state index contributed by atoms with van der Waals surface area (Å²) in [5.74, 6) is -0.720. The Bertz CT molecular complexity index is 747. The van der Waals surface area contributed by atoms with Crippen molar-refractivity contribution in [1.82, 2.24) is 16.2 Å². The zero-order chi connectivity index (χ0) is 16.8. The van der Waals surface area contributed by atoms with Crippen LogP contribution in [0.1, 0.15) is 26.3 Å². The van der Waals surface area contributed by atoms with Crippen LogP contribution in [0.2, 0.25) is 0 Å². The lowest BCUT2D eigenvalue weighted by atomic mass is 10.1. The molecule has 2 rings (SSSR count). The van der Waals surface area contributed by atoms with Crippen molar-refractivity contribution in [3.05, 3.63) is 69.7 Å². The number of halogens is 1. The molecule has 5 nitrogen and oxygen atoms in total. The molecule has 23 heavy (non-hydrogen) atoms. The number of hydrazine groups is 1. The van der Waals surface area contributed by atoms with Gasteiger partial charge < -0.3 is 0 Å². The summed E-state index contributed by atoms with van der Waals surface area (Å²) in [7, 11) is 0. The van der Waals surface area contributed by atoms with Crippen molar-refractivity contribution in [3.8, 4) is 0 Å². The van der Waals surface area contributed by atoms with E-state index in [0.29, 0.717) is 15.6 Å². The molecule has 0 aliphatic heterocycles. The van der Waals surface area contributed by atoms with Gasteiger partial charge in [0, 0.05) is 10.0 Å². The van der Waals surface area contributed by atoms with Gasteiger partial charge in [0.2, 0.25) is 0 Å². The van der Waals surface area contributed by atoms with Crippen LogP contribution in [0.4, 0.5) is 0 Å². The standard InChI is InChI=1S/C16H14BrN3O2S/c1-10-6-8-11(9-7-10)14(21)19-20-16(23)18-15(22)12-4-2-3-5-13(12)17/h2-9H,1H3,(H,19,21)(H2,18,20,22,23). The number of rotatable bonds is 2. The highest BCUT2D eigenvalue weighted by molar-refractivity contribution is 9.10. The van der Waals surface area contributed by atoms with Crippen molar-refractivity contribution in [1.29, 1.82) is 0 Å². The molecular weight excluding hydrogens is 378 g/mol. The number of thiocarbonyl (C=S) groups is 1. The lowest BCUT2D eigenvalue weighted by molar-refractivity contribution is 0.0934. The Kier molecular flexibility index (Phi) is 5.84. The Morgan fingerprint density at radius 3 is 2.26 bits per heavy atom. The van der Waals surface area contributed by atoms with E-state index >= 15 is 0 Å². The van der Waals surface area contributed by atoms with Crippen LogP contribution in [0.15, 0.2) is 53.0 Å². The van der Waals surface area contributed by atoms with E-state index in [1.807, 2.05) is 19.1 Å². The molecule has 0 saturated heterocycles. The molecule has 0 aromatic heterocycles. The lowest BCUT2D eigenvalue weighted by Crippen LogP contribution is -2.48. The summed E-state index contributed by atoms with van der Waals surface area (Å²) in [4.78, 5) is 24.0. The zero-order valence-corrected chi connectivity index (χ0v) is 14.6. The summed E-state index contributed by atoms with van der Waals surface area (Å²) < 4.78 is 0.656. The van der Waals surface area contributed by atoms with E-state index in [0.717, 1.165) is 5.56 Å². The Balaban J connectivity index is 1.88. The SMILES string of the molecule is Cc1ccc(C(=O)NNC(=S)NC(=O)c2ccccc2Br)cc1. The highest BCUT2D eigenvalue weighted by Crippen LogP contribution is 2.15. The van der Waals surface area contributed by atoms with E-state index in [2.05, 4.69) is 32.1 Å². The van der Waals surface area contributed by atoms with E-state index in [1.54, 1.807) is 36.4 Å². The fourth-order valence-electron chi connectivity index (χ4n) is 1.74. The summed E-state index contributed by atoms with van der Waals surface area (Å²) in [5.41, 5.74) is 6.93. The fourth-order valence-corrected chi connectivity index (χ4v) is 2.35. The minimum atomic E-state index is -0.375. The number of hydrogen-bond donors (Lipinski definition) is 3. The first-order valence-corrected chi connectivity index (χ1v) is 7.90. The normalized spacial score (nSPS) is 9.83. The van der Waals surface area contributed by atoms with Gasteiger partial charge in [-0.2, -0.15) is 0 Å². The maximum atomic E-state index is 12.0. The van der Waals surface area contributed by atoms with Crippen LogP contribution in [0, 0.1) is 6.92 Å². The van der Waals surface area contributed by atoms with E-state index in [-0.39, 0.29) is 16.9 Å². The van der Waals surface area contributed by atoms with E-state index < -0.39 is 0 Å². The van der Waals surface area contributed by atoms with Crippen LogP contribution in [0.25, 0.3) is 0 Å². The van der Waals surface area contributed by atoms with Gasteiger partial charge in [-0.05, 0) is 59.3 Å². The number of amides is 2. The molecule has 0 saturated carbocycles. The molecular formula is C16H14BrN3O2S. The molecule has 2 aromatic rings. The van der Waals surface area contributed by atoms with Gasteiger partial charge in [-0.15, -0.1) is 0 Å². The van der Waals surface area contributed by atoms with Crippen molar-refractivity contribution in [2.75, 3.05) is 0 Å². The number of benzene rings is 2.